The van der Waals surface area contributed by atoms with Crippen LogP contribution in [0.5, 0.6) is 0 Å². The fraction of sp³-hybridized carbons (Fsp3) is 0.786. The molecule has 1 aliphatic rings. The van der Waals surface area contributed by atoms with Gasteiger partial charge in [-0.3, -0.25) is 0 Å². The number of esters is 1. The van der Waals surface area contributed by atoms with Crippen LogP contribution >= 0.6 is 0 Å². The number of hydrogen-bond donors (Lipinski definition) is 0. The Bertz CT molecular complexity index is 333. The number of rotatable bonds is 2. The third-order valence-corrected chi connectivity index (χ3v) is 2.74. The van der Waals surface area contributed by atoms with Crippen LogP contribution in [0.15, 0.2) is 12.2 Å². The Labute approximate surface area is 109 Å². The van der Waals surface area contributed by atoms with Crippen LogP contribution < -0.4 is 0 Å². The molecule has 0 amide bonds. The summed E-state index contributed by atoms with van der Waals surface area (Å²) in [5, 5.41) is 0. The highest BCUT2D eigenvalue weighted by molar-refractivity contribution is 5.75. The van der Waals surface area contributed by atoms with E-state index >= 15 is 0 Å². The van der Waals surface area contributed by atoms with E-state index in [0.29, 0.717) is 6.42 Å². The van der Waals surface area contributed by atoms with Crippen LogP contribution in [0.2, 0.25) is 0 Å². The Hall–Kier alpha value is -0.870. The second-order valence-electron chi connectivity index (χ2n) is 6.71. The highest BCUT2D eigenvalue weighted by Gasteiger charge is 2.39. The van der Waals surface area contributed by atoms with Crippen molar-refractivity contribution in [2.75, 3.05) is 0 Å². The maximum absolute atomic E-state index is 11.8. The van der Waals surface area contributed by atoms with Gasteiger partial charge in [0.2, 0.25) is 0 Å². The van der Waals surface area contributed by atoms with E-state index in [9.17, 15) is 4.79 Å². The first-order valence-electron chi connectivity index (χ1n) is 6.25. The maximum Gasteiger partial charge on any atom is 0.339 e. The monoisotopic (exact) mass is 256 g/mol. The van der Waals surface area contributed by atoms with Crippen molar-refractivity contribution in [3.63, 3.8) is 0 Å². The third kappa shape index (κ3) is 4.10. The average molecular weight is 256 g/mol. The summed E-state index contributed by atoms with van der Waals surface area (Å²) in [5.41, 5.74) is 0.338. The van der Waals surface area contributed by atoms with Gasteiger partial charge in [-0.2, -0.15) is 0 Å². The van der Waals surface area contributed by atoms with Crippen molar-refractivity contribution >= 4 is 5.97 Å². The Morgan fingerprint density at radius 2 is 1.61 bits per heavy atom. The first-order chi connectivity index (χ1) is 8.00. The van der Waals surface area contributed by atoms with E-state index in [4.69, 9.17) is 14.5 Å². The minimum atomic E-state index is -0.659. The van der Waals surface area contributed by atoms with Gasteiger partial charge < -0.3 is 4.74 Å². The third-order valence-electron chi connectivity index (χ3n) is 2.74. The van der Waals surface area contributed by atoms with Gasteiger partial charge in [0.25, 0.3) is 0 Å². The molecule has 0 aromatic rings. The fourth-order valence-electron chi connectivity index (χ4n) is 1.59. The van der Waals surface area contributed by atoms with Crippen LogP contribution in [0.1, 0.15) is 48.0 Å². The summed E-state index contributed by atoms with van der Waals surface area (Å²) in [6.45, 7) is 15.7. The van der Waals surface area contributed by atoms with Crippen molar-refractivity contribution in [3.05, 3.63) is 12.2 Å². The SMILES string of the molecule is C=C([C@@H]1C[C@@H](C(=O)OC(C)(C)C)OO1)C(C)(C)C. The van der Waals surface area contributed by atoms with E-state index in [0.717, 1.165) is 5.57 Å². The van der Waals surface area contributed by atoms with E-state index in [-0.39, 0.29) is 17.5 Å². The standard InChI is InChI=1S/C14H24O4/c1-9(13(2,3)4)10-8-11(18-17-10)12(15)16-14(5,6)7/h10-11H,1,8H2,2-7H3/t10-,11-/m0/s1. The molecule has 4 heteroatoms. The minimum Gasteiger partial charge on any atom is -0.458 e. The Morgan fingerprint density at radius 3 is 2.06 bits per heavy atom. The lowest BCUT2D eigenvalue weighted by molar-refractivity contribution is -0.291. The van der Waals surface area contributed by atoms with Crippen LogP contribution in [-0.2, 0) is 19.3 Å². The van der Waals surface area contributed by atoms with Crippen molar-refractivity contribution in [2.24, 2.45) is 5.41 Å². The van der Waals surface area contributed by atoms with E-state index in [2.05, 4.69) is 27.4 Å². The van der Waals surface area contributed by atoms with Crippen molar-refractivity contribution in [1.29, 1.82) is 0 Å². The topological polar surface area (TPSA) is 44.8 Å². The predicted octanol–water partition coefficient (Wildman–Crippen LogP) is 3.02. The molecule has 0 saturated carbocycles. The highest BCUT2D eigenvalue weighted by Crippen LogP contribution is 2.34. The highest BCUT2D eigenvalue weighted by atomic mass is 17.2. The maximum atomic E-state index is 11.8. The van der Waals surface area contributed by atoms with Crippen LogP contribution in [0, 0.1) is 5.41 Å². The molecule has 1 aliphatic heterocycles. The van der Waals surface area contributed by atoms with Crippen molar-refractivity contribution in [3.8, 4) is 0 Å². The largest absolute Gasteiger partial charge is 0.458 e. The Morgan fingerprint density at radius 1 is 1.11 bits per heavy atom. The molecule has 0 aromatic heterocycles. The van der Waals surface area contributed by atoms with E-state index in [1.807, 2.05) is 20.8 Å². The number of carbonyl (C=O) groups is 1. The normalized spacial score (nSPS) is 25.0. The smallest absolute Gasteiger partial charge is 0.339 e. The summed E-state index contributed by atoms with van der Waals surface area (Å²) in [5.74, 6) is -0.383. The summed E-state index contributed by atoms with van der Waals surface area (Å²) >= 11 is 0. The molecule has 0 bridgehead atoms. The van der Waals surface area contributed by atoms with Crippen molar-refractivity contribution in [2.45, 2.75) is 65.8 Å². The molecular weight excluding hydrogens is 232 g/mol. The molecule has 0 aromatic carbocycles. The van der Waals surface area contributed by atoms with Crippen molar-refractivity contribution < 1.29 is 19.3 Å². The number of hydrogen-bond acceptors (Lipinski definition) is 4. The van der Waals surface area contributed by atoms with Crippen LogP contribution in [0.25, 0.3) is 0 Å². The van der Waals surface area contributed by atoms with E-state index in [1.165, 1.54) is 0 Å². The summed E-state index contributed by atoms with van der Waals surface area (Å²) in [7, 11) is 0. The lowest BCUT2D eigenvalue weighted by atomic mass is 9.83. The minimum absolute atomic E-state index is 0.0726. The lowest BCUT2D eigenvalue weighted by Crippen LogP contribution is -2.31. The summed E-state index contributed by atoms with van der Waals surface area (Å²) in [4.78, 5) is 22.1. The van der Waals surface area contributed by atoms with Gasteiger partial charge in [-0.1, -0.05) is 27.4 Å². The quantitative estimate of drug-likeness (QED) is 0.433. The first-order valence-corrected chi connectivity index (χ1v) is 6.25. The molecule has 1 heterocycles. The van der Waals surface area contributed by atoms with Gasteiger partial charge in [-0.15, -0.1) is 0 Å². The average Bonchev–Trinajstić information content (AvgIpc) is 2.60. The Balaban J connectivity index is 2.57. The van der Waals surface area contributed by atoms with Gasteiger partial charge in [0.1, 0.15) is 11.7 Å². The molecular formula is C14H24O4. The predicted molar refractivity (Wildman–Crippen MR) is 68.8 cm³/mol. The molecule has 4 nitrogen and oxygen atoms in total. The number of ether oxygens (including phenoxy) is 1. The number of carbonyl (C=O) groups excluding carboxylic acids is 1. The molecule has 1 fully saturated rings. The van der Waals surface area contributed by atoms with Gasteiger partial charge >= 0.3 is 5.97 Å². The molecule has 0 spiro atoms. The molecule has 0 unspecified atom stereocenters. The first kappa shape index (κ1) is 15.2. The summed E-state index contributed by atoms with van der Waals surface area (Å²) in [6, 6.07) is 0. The van der Waals surface area contributed by atoms with Gasteiger partial charge in [0.05, 0.1) is 0 Å². The van der Waals surface area contributed by atoms with E-state index in [1.54, 1.807) is 0 Å². The zero-order valence-electron chi connectivity index (χ0n) is 12.2. The molecule has 0 radical (unpaired) electrons. The van der Waals surface area contributed by atoms with Crippen LogP contribution in [0.4, 0.5) is 0 Å². The molecule has 18 heavy (non-hydrogen) atoms. The summed E-state index contributed by atoms with van der Waals surface area (Å²) < 4.78 is 5.26. The summed E-state index contributed by atoms with van der Waals surface area (Å²) in [6.07, 6.45) is -0.443. The van der Waals surface area contributed by atoms with Gasteiger partial charge in [0.15, 0.2) is 6.10 Å². The van der Waals surface area contributed by atoms with Crippen LogP contribution in [-0.4, -0.2) is 23.8 Å². The van der Waals surface area contributed by atoms with E-state index < -0.39 is 11.7 Å². The second kappa shape index (κ2) is 5.02. The molecule has 0 aliphatic carbocycles. The second-order valence-corrected chi connectivity index (χ2v) is 6.71. The molecule has 1 saturated heterocycles. The Kier molecular flexibility index (Phi) is 4.23. The zero-order valence-corrected chi connectivity index (χ0v) is 12.2. The van der Waals surface area contributed by atoms with Gasteiger partial charge in [-0.25, -0.2) is 14.6 Å². The van der Waals surface area contributed by atoms with Crippen LogP contribution in [0.3, 0.4) is 0 Å². The van der Waals surface area contributed by atoms with Gasteiger partial charge in [-0.05, 0) is 31.8 Å². The van der Waals surface area contributed by atoms with Crippen molar-refractivity contribution in [1.82, 2.24) is 0 Å². The zero-order chi connectivity index (χ0) is 14.1. The molecule has 2 atom stereocenters. The molecule has 104 valence electrons. The van der Waals surface area contributed by atoms with Gasteiger partial charge in [0, 0.05) is 6.42 Å². The lowest BCUT2D eigenvalue weighted by Gasteiger charge is -2.24. The fourth-order valence-corrected chi connectivity index (χ4v) is 1.59. The molecule has 0 N–H and O–H groups in total. The molecule has 1 rings (SSSR count).